The van der Waals surface area contributed by atoms with Crippen LogP contribution in [0, 0.1) is 12.8 Å². The largest absolute Gasteiger partial charge is 0.371 e. The molecule has 1 unspecified atom stereocenters. The van der Waals surface area contributed by atoms with Crippen molar-refractivity contribution in [2.24, 2.45) is 5.92 Å². The fourth-order valence-electron chi connectivity index (χ4n) is 2.94. The highest BCUT2D eigenvalue weighted by atomic mass is 16.1. The number of aromatic nitrogens is 3. The number of anilines is 1. The Morgan fingerprint density at radius 3 is 3.05 bits per heavy atom. The van der Waals surface area contributed by atoms with E-state index in [1.165, 1.54) is 5.69 Å². The molecule has 0 amide bonds. The van der Waals surface area contributed by atoms with Gasteiger partial charge < -0.3 is 4.90 Å². The van der Waals surface area contributed by atoms with Crippen LogP contribution in [0.15, 0.2) is 41.5 Å². The number of piperidine rings is 1. The zero-order valence-corrected chi connectivity index (χ0v) is 12.3. The van der Waals surface area contributed by atoms with Crippen LogP contribution in [0.3, 0.4) is 0 Å². The van der Waals surface area contributed by atoms with E-state index in [9.17, 15) is 4.79 Å². The molecule has 110 valence electrons. The molecular formula is C16H20N4O. The van der Waals surface area contributed by atoms with Crippen molar-refractivity contribution in [2.45, 2.75) is 26.3 Å². The van der Waals surface area contributed by atoms with Gasteiger partial charge in [0.15, 0.2) is 0 Å². The Kier molecular flexibility index (Phi) is 3.99. The Labute approximate surface area is 124 Å². The number of rotatable bonds is 3. The van der Waals surface area contributed by atoms with Crippen LogP contribution < -0.4 is 10.5 Å². The second-order valence-electron chi connectivity index (χ2n) is 5.65. The standard InChI is InChI=1S/C16H20N4O/c1-13-10-15(6-8-17-13)19-9-3-4-14(11-19)12-20-16(21)5-2-7-18-20/h2,5-8,10,14H,3-4,9,11-12H2,1H3. The van der Waals surface area contributed by atoms with E-state index >= 15 is 0 Å². The molecule has 5 nitrogen and oxygen atoms in total. The van der Waals surface area contributed by atoms with Gasteiger partial charge in [0, 0.05) is 49.5 Å². The van der Waals surface area contributed by atoms with Gasteiger partial charge in [0.25, 0.3) is 5.56 Å². The monoisotopic (exact) mass is 284 g/mol. The molecular weight excluding hydrogens is 264 g/mol. The van der Waals surface area contributed by atoms with Gasteiger partial charge in [-0.25, -0.2) is 4.68 Å². The van der Waals surface area contributed by atoms with E-state index in [4.69, 9.17) is 0 Å². The van der Waals surface area contributed by atoms with Gasteiger partial charge in [-0.05, 0) is 43.9 Å². The van der Waals surface area contributed by atoms with Gasteiger partial charge in [0.1, 0.15) is 0 Å². The molecule has 0 spiro atoms. The van der Waals surface area contributed by atoms with Crippen molar-refractivity contribution in [1.29, 1.82) is 0 Å². The second-order valence-corrected chi connectivity index (χ2v) is 5.65. The van der Waals surface area contributed by atoms with Gasteiger partial charge in [-0.1, -0.05) is 0 Å². The maximum Gasteiger partial charge on any atom is 0.266 e. The predicted octanol–water partition coefficient (Wildman–Crippen LogP) is 1.86. The fraction of sp³-hybridized carbons (Fsp3) is 0.438. The van der Waals surface area contributed by atoms with Crippen molar-refractivity contribution >= 4 is 5.69 Å². The number of pyridine rings is 1. The van der Waals surface area contributed by atoms with Gasteiger partial charge in [0.2, 0.25) is 0 Å². The lowest BCUT2D eigenvalue weighted by Crippen LogP contribution is -2.39. The molecule has 1 fully saturated rings. The molecule has 1 aliphatic heterocycles. The average Bonchev–Trinajstić information content (AvgIpc) is 2.50. The van der Waals surface area contributed by atoms with Crippen LogP contribution in [0.5, 0.6) is 0 Å². The topological polar surface area (TPSA) is 51.0 Å². The Hall–Kier alpha value is -2.17. The van der Waals surface area contributed by atoms with E-state index in [1.807, 2.05) is 13.1 Å². The molecule has 3 heterocycles. The van der Waals surface area contributed by atoms with Crippen molar-refractivity contribution in [3.63, 3.8) is 0 Å². The Morgan fingerprint density at radius 2 is 2.24 bits per heavy atom. The van der Waals surface area contributed by atoms with Crippen molar-refractivity contribution in [3.8, 4) is 0 Å². The highest BCUT2D eigenvalue weighted by molar-refractivity contribution is 5.46. The molecule has 3 rings (SSSR count). The van der Waals surface area contributed by atoms with Crippen LogP contribution in [0.1, 0.15) is 18.5 Å². The summed E-state index contributed by atoms with van der Waals surface area (Å²) in [5, 5.41) is 4.16. The molecule has 5 heteroatoms. The van der Waals surface area contributed by atoms with Crippen molar-refractivity contribution in [3.05, 3.63) is 52.7 Å². The Morgan fingerprint density at radius 1 is 1.33 bits per heavy atom. The predicted molar refractivity (Wildman–Crippen MR) is 82.4 cm³/mol. The molecule has 0 radical (unpaired) electrons. The summed E-state index contributed by atoms with van der Waals surface area (Å²) < 4.78 is 1.58. The van der Waals surface area contributed by atoms with E-state index in [2.05, 4.69) is 27.1 Å². The normalized spacial score (nSPS) is 18.7. The zero-order valence-electron chi connectivity index (χ0n) is 12.3. The third-order valence-corrected chi connectivity index (χ3v) is 3.98. The van der Waals surface area contributed by atoms with Gasteiger partial charge in [-0.15, -0.1) is 0 Å². The number of nitrogens with zero attached hydrogens (tertiary/aromatic N) is 4. The highest BCUT2D eigenvalue weighted by Crippen LogP contribution is 2.23. The lowest BCUT2D eigenvalue weighted by molar-refractivity contribution is 0.344. The first-order valence-electron chi connectivity index (χ1n) is 7.42. The fourth-order valence-corrected chi connectivity index (χ4v) is 2.94. The van der Waals surface area contributed by atoms with E-state index < -0.39 is 0 Å². The van der Waals surface area contributed by atoms with Gasteiger partial charge in [-0.2, -0.15) is 5.10 Å². The minimum absolute atomic E-state index is 0.0191. The molecule has 0 aliphatic carbocycles. The van der Waals surface area contributed by atoms with Crippen molar-refractivity contribution in [2.75, 3.05) is 18.0 Å². The van der Waals surface area contributed by atoms with Crippen LogP contribution in [0.4, 0.5) is 5.69 Å². The Bertz CT molecular complexity index is 667. The molecule has 21 heavy (non-hydrogen) atoms. The summed E-state index contributed by atoms with van der Waals surface area (Å²) in [7, 11) is 0. The number of hydrogen-bond acceptors (Lipinski definition) is 4. The first-order chi connectivity index (χ1) is 10.2. The maximum absolute atomic E-state index is 11.8. The summed E-state index contributed by atoms with van der Waals surface area (Å²) >= 11 is 0. The molecule has 1 saturated heterocycles. The molecule has 0 saturated carbocycles. The lowest BCUT2D eigenvalue weighted by atomic mass is 9.97. The maximum atomic E-state index is 11.8. The molecule has 0 aromatic carbocycles. The SMILES string of the molecule is Cc1cc(N2CCCC(Cn3ncccc3=O)C2)ccn1. The van der Waals surface area contributed by atoms with Crippen LogP contribution in [0.25, 0.3) is 0 Å². The second kappa shape index (κ2) is 6.08. The summed E-state index contributed by atoms with van der Waals surface area (Å²) in [5.74, 6) is 0.458. The van der Waals surface area contributed by atoms with Crippen LogP contribution in [0.2, 0.25) is 0 Å². The lowest BCUT2D eigenvalue weighted by Gasteiger charge is -2.34. The molecule has 1 atom stereocenters. The smallest absolute Gasteiger partial charge is 0.266 e. The van der Waals surface area contributed by atoms with Crippen molar-refractivity contribution in [1.82, 2.24) is 14.8 Å². The average molecular weight is 284 g/mol. The quantitative estimate of drug-likeness (QED) is 0.863. The summed E-state index contributed by atoms with van der Waals surface area (Å²) in [6.45, 7) is 4.74. The summed E-state index contributed by atoms with van der Waals surface area (Å²) in [6, 6.07) is 7.43. The van der Waals surface area contributed by atoms with E-state index in [-0.39, 0.29) is 5.56 Å². The van der Waals surface area contributed by atoms with Gasteiger partial charge in [-0.3, -0.25) is 9.78 Å². The van der Waals surface area contributed by atoms with Crippen LogP contribution >= 0.6 is 0 Å². The summed E-state index contributed by atoms with van der Waals surface area (Å²) in [4.78, 5) is 18.4. The number of hydrogen-bond donors (Lipinski definition) is 0. The first-order valence-corrected chi connectivity index (χ1v) is 7.42. The molecule has 0 bridgehead atoms. The third-order valence-electron chi connectivity index (χ3n) is 3.98. The molecule has 1 aliphatic rings. The Balaban J connectivity index is 1.71. The third kappa shape index (κ3) is 3.29. The molecule has 0 N–H and O–H groups in total. The molecule has 2 aromatic heterocycles. The van der Waals surface area contributed by atoms with Crippen LogP contribution in [-0.4, -0.2) is 27.9 Å². The minimum Gasteiger partial charge on any atom is -0.371 e. The zero-order chi connectivity index (χ0) is 14.7. The highest BCUT2D eigenvalue weighted by Gasteiger charge is 2.21. The minimum atomic E-state index is -0.0191. The molecule has 2 aromatic rings. The van der Waals surface area contributed by atoms with Gasteiger partial charge in [0.05, 0.1) is 0 Å². The van der Waals surface area contributed by atoms with E-state index in [0.29, 0.717) is 12.5 Å². The summed E-state index contributed by atoms with van der Waals surface area (Å²) in [5.41, 5.74) is 2.24. The van der Waals surface area contributed by atoms with Gasteiger partial charge >= 0.3 is 0 Å². The number of aryl methyl sites for hydroxylation is 1. The van der Waals surface area contributed by atoms with Crippen LogP contribution in [-0.2, 0) is 6.54 Å². The van der Waals surface area contributed by atoms with E-state index in [1.54, 1.807) is 23.0 Å². The summed E-state index contributed by atoms with van der Waals surface area (Å²) in [6.07, 6.45) is 5.82. The van der Waals surface area contributed by atoms with E-state index in [0.717, 1.165) is 31.6 Å². The first kappa shape index (κ1) is 13.8. The van der Waals surface area contributed by atoms with Crippen molar-refractivity contribution < 1.29 is 0 Å².